The normalized spacial score (nSPS) is 10.2. The summed E-state index contributed by atoms with van der Waals surface area (Å²) >= 11 is 0. The molecule has 0 atom stereocenters. The molecule has 0 aliphatic heterocycles. The summed E-state index contributed by atoms with van der Waals surface area (Å²) in [5.74, 6) is 0.503. The predicted octanol–water partition coefficient (Wildman–Crippen LogP) is 3.17. The van der Waals surface area contributed by atoms with E-state index in [9.17, 15) is 9.59 Å². The lowest BCUT2D eigenvalue weighted by Gasteiger charge is -2.18. The first kappa shape index (κ1) is 22.0. The molecule has 8 heteroatoms. The number of anilines is 3. The van der Waals surface area contributed by atoms with Gasteiger partial charge in [-0.25, -0.2) is 4.79 Å². The lowest BCUT2D eigenvalue weighted by Crippen LogP contribution is -2.29. The van der Waals surface area contributed by atoms with Crippen molar-refractivity contribution in [1.82, 2.24) is 5.32 Å². The van der Waals surface area contributed by atoms with E-state index in [1.54, 1.807) is 49.6 Å². The summed E-state index contributed by atoms with van der Waals surface area (Å²) in [6.45, 7) is 3.31. The minimum atomic E-state index is -0.405. The van der Waals surface area contributed by atoms with Crippen LogP contribution in [0, 0.1) is 0 Å². The largest absolute Gasteiger partial charge is 0.494 e. The molecule has 0 aliphatic rings. The Kier molecular flexibility index (Phi) is 8.29. The third kappa shape index (κ3) is 6.69. The van der Waals surface area contributed by atoms with Gasteiger partial charge < -0.3 is 30.3 Å². The van der Waals surface area contributed by atoms with Crippen molar-refractivity contribution >= 4 is 29.0 Å². The van der Waals surface area contributed by atoms with Crippen molar-refractivity contribution in [2.45, 2.75) is 6.92 Å². The van der Waals surface area contributed by atoms with Crippen LogP contribution in [0.25, 0.3) is 0 Å². The van der Waals surface area contributed by atoms with Crippen LogP contribution < -0.4 is 25.6 Å². The fraction of sp³-hybridized carbons (Fsp3) is 0.333. The van der Waals surface area contributed by atoms with Crippen molar-refractivity contribution in [2.75, 3.05) is 56.5 Å². The highest BCUT2D eigenvalue weighted by Crippen LogP contribution is 2.23. The van der Waals surface area contributed by atoms with Crippen molar-refractivity contribution in [3.8, 4) is 5.75 Å². The van der Waals surface area contributed by atoms with E-state index >= 15 is 0 Å². The van der Waals surface area contributed by atoms with E-state index in [1.165, 1.54) is 0 Å². The summed E-state index contributed by atoms with van der Waals surface area (Å²) < 4.78 is 10.3. The molecule has 0 aromatic heterocycles. The minimum absolute atomic E-state index is 0.235. The first-order valence-corrected chi connectivity index (χ1v) is 9.34. The Morgan fingerprint density at radius 1 is 1.00 bits per heavy atom. The number of carbonyl (C=O) groups is 2. The molecule has 0 radical (unpaired) electrons. The highest BCUT2D eigenvalue weighted by molar-refractivity contribution is 6.03. The fourth-order valence-electron chi connectivity index (χ4n) is 2.64. The molecule has 0 saturated carbocycles. The Balaban J connectivity index is 2.08. The molecule has 0 fully saturated rings. The first-order valence-electron chi connectivity index (χ1n) is 9.34. The number of ether oxygens (including phenoxy) is 2. The Labute approximate surface area is 171 Å². The number of hydrogen-bond acceptors (Lipinski definition) is 5. The van der Waals surface area contributed by atoms with Crippen LogP contribution in [0.4, 0.5) is 21.9 Å². The molecule has 2 aromatic carbocycles. The number of hydrogen-bond donors (Lipinski definition) is 3. The zero-order valence-electron chi connectivity index (χ0n) is 17.2. The maximum Gasteiger partial charge on any atom is 0.323 e. The van der Waals surface area contributed by atoms with E-state index in [0.717, 1.165) is 11.4 Å². The second-order valence-electron chi connectivity index (χ2n) is 6.41. The highest BCUT2D eigenvalue weighted by Gasteiger charge is 2.14. The SMILES string of the molecule is CCOc1ccc(NC(=O)Nc2ccc(N(C)C)c(C(=O)NCCOC)c2)cc1. The van der Waals surface area contributed by atoms with Crippen LogP contribution in [-0.4, -0.2) is 52.9 Å². The predicted molar refractivity (Wildman–Crippen MR) is 115 cm³/mol. The van der Waals surface area contributed by atoms with Crippen LogP contribution in [0.3, 0.4) is 0 Å². The number of carbonyl (C=O) groups excluding carboxylic acids is 2. The fourth-order valence-corrected chi connectivity index (χ4v) is 2.64. The van der Waals surface area contributed by atoms with Crippen LogP contribution in [0.2, 0.25) is 0 Å². The molecule has 0 bridgehead atoms. The Hall–Kier alpha value is -3.26. The summed E-state index contributed by atoms with van der Waals surface area (Å²) in [4.78, 5) is 26.7. The van der Waals surface area contributed by atoms with Gasteiger partial charge in [-0.3, -0.25) is 4.79 Å². The summed E-state index contributed by atoms with van der Waals surface area (Å²) in [5.41, 5.74) is 2.35. The summed E-state index contributed by atoms with van der Waals surface area (Å²) in [7, 11) is 5.28. The number of urea groups is 1. The van der Waals surface area contributed by atoms with Crippen molar-refractivity contribution in [3.05, 3.63) is 48.0 Å². The summed E-state index contributed by atoms with van der Waals surface area (Å²) in [6, 6.07) is 11.9. The van der Waals surface area contributed by atoms with E-state index in [-0.39, 0.29) is 5.91 Å². The summed E-state index contributed by atoms with van der Waals surface area (Å²) in [5, 5.41) is 8.31. The highest BCUT2D eigenvalue weighted by atomic mass is 16.5. The molecule has 29 heavy (non-hydrogen) atoms. The lowest BCUT2D eigenvalue weighted by atomic mass is 10.1. The van der Waals surface area contributed by atoms with Gasteiger partial charge in [0, 0.05) is 44.8 Å². The molecule has 0 aliphatic carbocycles. The lowest BCUT2D eigenvalue weighted by molar-refractivity contribution is 0.0937. The van der Waals surface area contributed by atoms with Gasteiger partial charge in [0.1, 0.15) is 5.75 Å². The third-order valence-corrected chi connectivity index (χ3v) is 4.00. The molecule has 0 saturated heterocycles. The number of rotatable bonds is 9. The van der Waals surface area contributed by atoms with E-state index < -0.39 is 6.03 Å². The van der Waals surface area contributed by atoms with Crippen LogP contribution in [0.5, 0.6) is 5.75 Å². The molecule has 2 aromatic rings. The number of nitrogens with one attached hydrogen (secondary N) is 3. The van der Waals surface area contributed by atoms with Crippen LogP contribution in [-0.2, 0) is 4.74 Å². The van der Waals surface area contributed by atoms with Crippen molar-refractivity contribution < 1.29 is 19.1 Å². The minimum Gasteiger partial charge on any atom is -0.494 e. The molecule has 0 unspecified atom stereocenters. The van der Waals surface area contributed by atoms with E-state index in [4.69, 9.17) is 9.47 Å². The molecule has 3 amide bonds. The second kappa shape index (κ2) is 10.9. The quantitative estimate of drug-likeness (QED) is 0.563. The zero-order chi connectivity index (χ0) is 21.2. The molecule has 0 heterocycles. The van der Waals surface area contributed by atoms with Crippen LogP contribution in [0.15, 0.2) is 42.5 Å². The molecule has 0 spiro atoms. The van der Waals surface area contributed by atoms with Crippen LogP contribution >= 0.6 is 0 Å². The maximum atomic E-state index is 12.5. The van der Waals surface area contributed by atoms with Gasteiger partial charge in [0.05, 0.1) is 18.8 Å². The molecule has 8 nitrogen and oxygen atoms in total. The van der Waals surface area contributed by atoms with Gasteiger partial charge in [-0.2, -0.15) is 0 Å². The number of amides is 3. The number of methoxy groups -OCH3 is 1. The standard InChI is InChI=1S/C21H28N4O4/c1-5-29-17-9-6-15(7-10-17)23-21(27)24-16-8-11-19(25(2)3)18(14-16)20(26)22-12-13-28-4/h6-11,14H,5,12-13H2,1-4H3,(H,22,26)(H2,23,24,27). The Morgan fingerprint density at radius 3 is 2.28 bits per heavy atom. The molecule has 3 N–H and O–H groups in total. The third-order valence-electron chi connectivity index (χ3n) is 4.00. The van der Waals surface area contributed by atoms with E-state index in [2.05, 4.69) is 16.0 Å². The molecular formula is C21H28N4O4. The topological polar surface area (TPSA) is 91.9 Å². The van der Waals surface area contributed by atoms with Gasteiger partial charge in [-0.05, 0) is 49.4 Å². The Bertz CT molecular complexity index is 822. The van der Waals surface area contributed by atoms with Gasteiger partial charge in [0.25, 0.3) is 5.91 Å². The zero-order valence-corrected chi connectivity index (χ0v) is 17.2. The van der Waals surface area contributed by atoms with Crippen LogP contribution in [0.1, 0.15) is 17.3 Å². The van der Waals surface area contributed by atoms with Crippen molar-refractivity contribution in [1.29, 1.82) is 0 Å². The molecule has 2 rings (SSSR count). The van der Waals surface area contributed by atoms with Gasteiger partial charge >= 0.3 is 6.03 Å². The van der Waals surface area contributed by atoms with Crippen molar-refractivity contribution in [3.63, 3.8) is 0 Å². The van der Waals surface area contributed by atoms with Gasteiger partial charge in [0.2, 0.25) is 0 Å². The number of nitrogens with zero attached hydrogens (tertiary/aromatic N) is 1. The molecule has 156 valence electrons. The van der Waals surface area contributed by atoms with Crippen molar-refractivity contribution in [2.24, 2.45) is 0 Å². The number of benzene rings is 2. The first-order chi connectivity index (χ1) is 13.9. The van der Waals surface area contributed by atoms with Gasteiger partial charge in [-0.1, -0.05) is 0 Å². The Morgan fingerprint density at radius 2 is 1.66 bits per heavy atom. The average Bonchev–Trinajstić information content (AvgIpc) is 2.69. The summed E-state index contributed by atoms with van der Waals surface area (Å²) in [6.07, 6.45) is 0. The maximum absolute atomic E-state index is 12.5. The molecular weight excluding hydrogens is 372 g/mol. The van der Waals surface area contributed by atoms with Gasteiger partial charge in [-0.15, -0.1) is 0 Å². The average molecular weight is 400 g/mol. The van der Waals surface area contributed by atoms with Gasteiger partial charge in [0.15, 0.2) is 0 Å². The van der Waals surface area contributed by atoms with E-state index in [0.29, 0.717) is 36.7 Å². The second-order valence-corrected chi connectivity index (χ2v) is 6.41. The monoisotopic (exact) mass is 400 g/mol. The smallest absolute Gasteiger partial charge is 0.323 e. The van der Waals surface area contributed by atoms with E-state index in [1.807, 2.05) is 25.9 Å².